The minimum absolute atomic E-state index is 0.0258. The summed E-state index contributed by atoms with van der Waals surface area (Å²) >= 11 is 0. The van der Waals surface area contributed by atoms with Crippen molar-refractivity contribution in [1.29, 1.82) is 0 Å². The van der Waals surface area contributed by atoms with Crippen LogP contribution in [-0.4, -0.2) is 30.0 Å². The van der Waals surface area contributed by atoms with Crippen molar-refractivity contribution in [2.45, 2.75) is 29.2 Å². The molecule has 0 aliphatic carbocycles. The number of anilines is 1. The van der Waals surface area contributed by atoms with E-state index in [2.05, 4.69) is 0 Å². The van der Waals surface area contributed by atoms with Crippen molar-refractivity contribution in [3.63, 3.8) is 0 Å². The van der Waals surface area contributed by atoms with Crippen molar-refractivity contribution in [3.05, 3.63) is 48.0 Å². The second kappa shape index (κ2) is 6.01. The Labute approximate surface area is 147 Å². The van der Waals surface area contributed by atoms with Gasteiger partial charge in [0.15, 0.2) is 0 Å². The summed E-state index contributed by atoms with van der Waals surface area (Å²) in [5, 5.41) is 5.15. The molecule has 1 aliphatic rings. The van der Waals surface area contributed by atoms with E-state index in [-0.39, 0.29) is 15.8 Å². The third kappa shape index (κ3) is 3.10. The molecule has 1 unspecified atom stereocenters. The van der Waals surface area contributed by atoms with E-state index in [1.54, 1.807) is 19.1 Å². The molecule has 2 N–H and O–H groups in total. The molecule has 0 fully saturated rings. The number of hydrogen-bond acceptors (Lipinski definition) is 5. The van der Waals surface area contributed by atoms with Gasteiger partial charge in [-0.05, 0) is 61.4 Å². The third-order valence-corrected chi connectivity index (χ3v) is 7.00. The molecule has 9 heteroatoms. The van der Waals surface area contributed by atoms with Crippen LogP contribution in [0, 0.1) is 0 Å². The molecule has 0 saturated heterocycles. The molecule has 7 nitrogen and oxygen atoms in total. The predicted octanol–water partition coefficient (Wildman–Crippen LogP) is 1.48. The molecular formula is C16H18N2O5S2. The van der Waals surface area contributed by atoms with Gasteiger partial charge in [0.05, 0.1) is 22.6 Å². The maximum atomic E-state index is 13.0. The van der Waals surface area contributed by atoms with E-state index >= 15 is 0 Å². The van der Waals surface area contributed by atoms with Crippen LogP contribution in [0.15, 0.2) is 52.3 Å². The highest BCUT2D eigenvalue weighted by molar-refractivity contribution is 7.93. The second-order valence-electron chi connectivity index (χ2n) is 5.87. The minimum Gasteiger partial charge on any atom is -0.497 e. The average molecular weight is 382 g/mol. The highest BCUT2D eigenvalue weighted by Crippen LogP contribution is 2.38. The van der Waals surface area contributed by atoms with Gasteiger partial charge in [0, 0.05) is 6.04 Å². The zero-order chi connectivity index (χ0) is 18.4. The van der Waals surface area contributed by atoms with Crippen LogP contribution in [0.25, 0.3) is 0 Å². The van der Waals surface area contributed by atoms with E-state index in [9.17, 15) is 16.8 Å². The summed E-state index contributed by atoms with van der Waals surface area (Å²) < 4.78 is 55.4. The Morgan fingerprint density at radius 2 is 1.64 bits per heavy atom. The molecule has 1 atom stereocenters. The van der Waals surface area contributed by atoms with Gasteiger partial charge in [0.2, 0.25) is 10.0 Å². The predicted molar refractivity (Wildman–Crippen MR) is 93.6 cm³/mol. The van der Waals surface area contributed by atoms with Gasteiger partial charge in [-0.2, -0.15) is 0 Å². The van der Waals surface area contributed by atoms with Crippen LogP contribution in [0.2, 0.25) is 0 Å². The summed E-state index contributed by atoms with van der Waals surface area (Å²) in [5.41, 5.74) is 1.10. The van der Waals surface area contributed by atoms with Crippen LogP contribution in [0.1, 0.15) is 12.5 Å². The number of rotatable bonds is 4. The van der Waals surface area contributed by atoms with Crippen molar-refractivity contribution in [2.75, 3.05) is 11.4 Å². The highest BCUT2D eigenvalue weighted by atomic mass is 32.2. The third-order valence-electron chi connectivity index (χ3n) is 4.15. The number of fused-ring (bicyclic) bond motifs is 1. The van der Waals surface area contributed by atoms with Crippen LogP contribution < -0.4 is 14.2 Å². The fraction of sp³-hybridized carbons (Fsp3) is 0.250. The number of nitrogens with zero attached hydrogens (tertiary/aromatic N) is 1. The second-order valence-corrected chi connectivity index (χ2v) is 9.24. The number of methoxy groups -OCH3 is 1. The molecule has 3 rings (SSSR count). The van der Waals surface area contributed by atoms with E-state index in [4.69, 9.17) is 9.88 Å². The molecule has 0 spiro atoms. The lowest BCUT2D eigenvalue weighted by Crippen LogP contribution is -2.35. The zero-order valence-electron chi connectivity index (χ0n) is 13.7. The van der Waals surface area contributed by atoms with Gasteiger partial charge in [-0.15, -0.1) is 0 Å². The van der Waals surface area contributed by atoms with E-state index in [1.165, 1.54) is 41.7 Å². The van der Waals surface area contributed by atoms with Gasteiger partial charge in [0.1, 0.15) is 5.75 Å². The summed E-state index contributed by atoms with van der Waals surface area (Å²) in [6.07, 6.45) is 0.411. The average Bonchev–Trinajstić information content (AvgIpc) is 2.89. The first kappa shape index (κ1) is 17.7. The lowest BCUT2D eigenvalue weighted by molar-refractivity contribution is 0.414. The Morgan fingerprint density at radius 3 is 2.20 bits per heavy atom. The maximum absolute atomic E-state index is 13.0. The summed E-state index contributed by atoms with van der Waals surface area (Å²) in [6, 6.07) is 10.0. The van der Waals surface area contributed by atoms with Gasteiger partial charge < -0.3 is 4.74 Å². The molecule has 0 radical (unpaired) electrons. The molecule has 0 amide bonds. The largest absolute Gasteiger partial charge is 0.497 e. The fourth-order valence-corrected chi connectivity index (χ4v) is 5.24. The highest BCUT2D eigenvalue weighted by Gasteiger charge is 2.36. The Hall–Kier alpha value is -2.10. The van der Waals surface area contributed by atoms with Gasteiger partial charge in [-0.3, -0.25) is 4.31 Å². The summed E-state index contributed by atoms with van der Waals surface area (Å²) in [6.45, 7) is 1.78. The number of ether oxygens (including phenoxy) is 1. The molecule has 134 valence electrons. The van der Waals surface area contributed by atoms with Gasteiger partial charge in [-0.25, -0.2) is 22.0 Å². The lowest BCUT2D eigenvalue weighted by atomic mass is 10.1. The molecule has 25 heavy (non-hydrogen) atoms. The molecule has 0 bridgehead atoms. The summed E-state index contributed by atoms with van der Waals surface area (Å²) in [5.74, 6) is 0.562. The molecule has 0 saturated carbocycles. The maximum Gasteiger partial charge on any atom is 0.264 e. The normalized spacial score (nSPS) is 17.4. The Morgan fingerprint density at radius 1 is 1.04 bits per heavy atom. The fourth-order valence-electron chi connectivity index (χ4n) is 2.98. The molecule has 1 heterocycles. The monoisotopic (exact) mass is 382 g/mol. The molecular weight excluding hydrogens is 364 g/mol. The van der Waals surface area contributed by atoms with E-state index in [0.29, 0.717) is 23.4 Å². The van der Waals surface area contributed by atoms with Crippen molar-refractivity contribution in [2.24, 2.45) is 5.14 Å². The number of sulfonamides is 2. The Kier molecular flexibility index (Phi) is 4.26. The number of primary sulfonamides is 1. The quantitative estimate of drug-likeness (QED) is 0.862. The van der Waals surface area contributed by atoms with E-state index in [0.717, 1.165) is 0 Å². The Balaban J connectivity index is 2.06. The topological polar surface area (TPSA) is 107 Å². The van der Waals surface area contributed by atoms with Crippen molar-refractivity contribution in [1.82, 2.24) is 0 Å². The Bertz CT molecular complexity index is 1010. The number of benzene rings is 2. The van der Waals surface area contributed by atoms with Crippen LogP contribution in [0.4, 0.5) is 5.69 Å². The molecule has 2 aromatic rings. The molecule has 2 aromatic carbocycles. The van der Waals surface area contributed by atoms with E-state index < -0.39 is 20.0 Å². The summed E-state index contributed by atoms with van der Waals surface area (Å²) in [4.78, 5) is 0.116. The van der Waals surface area contributed by atoms with Crippen LogP contribution in [0.5, 0.6) is 5.75 Å². The number of hydrogen-bond donors (Lipinski definition) is 1. The number of nitrogens with two attached hydrogens (primary N) is 1. The van der Waals surface area contributed by atoms with Crippen molar-refractivity contribution in [3.8, 4) is 5.75 Å². The van der Waals surface area contributed by atoms with Crippen LogP contribution >= 0.6 is 0 Å². The first-order valence-electron chi connectivity index (χ1n) is 7.49. The standard InChI is InChI=1S/C16H18N2O5S2/c1-11-9-12-10-15(24(17,19)20)7-8-16(12)18(11)25(21,22)14-5-3-13(23-2)4-6-14/h3-8,10-11H,9H2,1-2H3,(H2,17,19,20). The summed E-state index contributed by atoms with van der Waals surface area (Å²) in [7, 11) is -6.11. The SMILES string of the molecule is COc1ccc(S(=O)(=O)N2c3ccc(S(N)(=O)=O)cc3CC2C)cc1. The van der Waals surface area contributed by atoms with Crippen molar-refractivity contribution >= 4 is 25.7 Å². The van der Waals surface area contributed by atoms with Crippen LogP contribution in [0.3, 0.4) is 0 Å². The van der Waals surface area contributed by atoms with Gasteiger partial charge in [0.25, 0.3) is 10.0 Å². The van der Waals surface area contributed by atoms with E-state index in [1.807, 2.05) is 0 Å². The smallest absolute Gasteiger partial charge is 0.264 e. The lowest BCUT2D eigenvalue weighted by Gasteiger charge is -2.24. The minimum atomic E-state index is -3.84. The first-order valence-corrected chi connectivity index (χ1v) is 10.5. The zero-order valence-corrected chi connectivity index (χ0v) is 15.3. The van der Waals surface area contributed by atoms with Crippen molar-refractivity contribution < 1.29 is 21.6 Å². The first-order chi connectivity index (χ1) is 11.6. The molecule has 0 aromatic heterocycles. The van der Waals surface area contributed by atoms with Crippen LogP contribution in [-0.2, 0) is 26.5 Å². The van der Waals surface area contributed by atoms with Gasteiger partial charge in [-0.1, -0.05) is 0 Å². The van der Waals surface area contributed by atoms with Gasteiger partial charge >= 0.3 is 0 Å². The molecule has 1 aliphatic heterocycles.